The molecule has 1 aromatic rings. The highest BCUT2D eigenvalue weighted by Crippen LogP contribution is 2.44. The molecule has 7 nitrogen and oxygen atoms in total. The lowest BCUT2D eigenvalue weighted by molar-refractivity contribution is 0.171. The summed E-state index contributed by atoms with van der Waals surface area (Å²) in [6, 6.07) is 6.23. The van der Waals surface area contributed by atoms with E-state index < -0.39 is 9.84 Å². The van der Waals surface area contributed by atoms with Gasteiger partial charge in [0.1, 0.15) is 13.2 Å². The van der Waals surface area contributed by atoms with Crippen LogP contribution in [0.5, 0.6) is 11.5 Å². The number of aliphatic imine (C=N–C) groups is 1. The maximum absolute atomic E-state index is 11.8. The Bertz CT molecular complexity index is 869. The smallest absolute Gasteiger partial charge is 0.191 e. The molecule has 2 aliphatic heterocycles. The summed E-state index contributed by atoms with van der Waals surface area (Å²) >= 11 is 0. The topological polar surface area (TPSA) is 89.0 Å². The number of nitrogens with zero attached hydrogens (tertiary/aromatic N) is 1. The molecule has 9 heteroatoms. The molecule has 3 aliphatic rings. The lowest BCUT2D eigenvalue weighted by Gasteiger charge is -2.30. The van der Waals surface area contributed by atoms with E-state index in [9.17, 15) is 8.42 Å². The number of hydrogen-bond acceptors (Lipinski definition) is 5. The van der Waals surface area contributed by atoms with Crippen LogP contribution >= 0.6 is 24.0 Å². The molecular formula is C21H32IN3O4S. The van der Waals surface area contributed by atoms with Crippen LogP contribution in [0.4, 0.5) is 0 Å². The van der Waals surface area contributed by atoms with Gasteiger partial charge in [-0.1, -0.05) is 18.9 Å². The van der Waals surface area contributed by atoms with E-state index >= 15 is 0 Å². The number of halogens is 1. The van der Waals surface area contributed by atoms with E-state index in [-0.39, 0.29) is 46.9 Å². The molecule has 4 rings (SSSR count). The SMILES string of the molecule is CCNC(=NCC1(c2ccc3c(c2)OCCO3)CCCC1)NC1CCS(=O)(=O)C1.I. The third-order valence-electron chi connectivity index (χ3n) is 6.17. The average Bonchev–Trinajstić information content (AvgIpc) is 3.33. The van der Waals surface area contributed by atoms with Gasteiger partial charge in [-0.15, -0.1) is 24.0 Å². The van der Waals surface area contributed by atoms with Gasteiger partial charge in [0.25, 0.3) is 0 Å². The van der Waals surface area contributed by atoms with Gasteiger partial charge in [-0.25, -0.2) is 8.42 Å². The predicted octanol–water partition coefficient (Wildman–Crippen LogP) is 2.63. The Labute approximate surface area is 196 Å². The van der Waals surface area contributed by atoms with Gasteiger partial charge in [-0.2, -0.15) is 0 Å². The van der Waals surface area contributed by atoms with Crippen molar-refractivity contribution in [2.45, 2.75) is 50.5 Å². The summed E-state index contributed by atoms with van der Waals surface area (Å²) in [6.45, 7) is 4.61. The fourth-order valence-corrected chi connectivity index (χ4v) is 6.29. The Hall–Kier alpha value is -1.23. The van der Waals surface area contributed by atoms with Crippen molar-refractivity contribution < 1.29 is 17.9 Å². The van der Waals surface area contributed by atoms with Gasteiger partial charge in [-0.3, -0.25) is 4.99 Å². The molecule has 0 spiro atoms. The first-order chi connectivity index (χ1) is 14.0. The number of rotatable bonds is 5. The normalized spacial score (nSPS) is 24.2. The third kappa shape index (κ3) is 5.33. The molecule has 0 aromatic heterocycles. The standard InChI is InChI=1S/C21H31N3O4S.HI/c1-2-22-20(24-17-7-12-29(25,26)14-17)23-15-21(8-3-4-9-21)16-5-6-18-19(13-16)28-11-10-27-18;/h5-6,13,17H,2-4,7-12,14-15H2,1H3,(H2,22,23,24);1H. The van der Waals surface area contributed by atoms with E-state index in [2.05, 4.69) is 22.8 Å². The summed E-state index contributed by atoms with van der Waals surface area (Å²) in [7, 11) is -2.92. The number of sulfone groups is 1. The molecular weight excluding hydrogens is 517 g/mol. The van der Waals surface area contributed by atoms with E-state index in [0.29, 0.717) is 32.1 Å². The van der Waals surface area contributed by atoms with E-state index in [4.69, 9.17) is 14.5 Å². The molecule has 2 N–H and O–H groups in total. The summed E-state index contributed by atoms with van der Waals surface area (Å²) in [5.74, 6) is 2.79. The van der Waals surface area contributed by atoms with Crippen molar-refractivity contribution in [1.29, 1.82) is 0 Å². The molecule has 2 heterocycles. The van der Waals surface area contributed by atoms with Crippen molar-refractivity contribution in [3.63, 3.8) is 0 Å². The van der Waals surface area contributed by atoms with Crippen LogP contribution in [-0.4, -0.2) is 58.2 Å². The first-order valence-corrected chi connectivity index (χ1v) is 12.5. The van der Waals surface area contributed by atoms with Gasteiger partial charge in [0.2, 0.25) is 0 Å². The first-order valence-electron chi connectivity index (χ1n) is 10.7. The van der Waals surface area contributed by atoms with Crippen molar-refractivity contribution in [2.75, 3.05) is 37.8 Å². The molecule has 2 fully saturated rings. The Balaban J connectivity index is 0.00000256. The van der Waals surface area contributed by atoms with Crippen LogP contribution in [0.15, 0.2) is 23.2 Å². The van der Waals surface area contributed by atoms with Gasteiger partial charge < -0.3 is 20.1 Å². The second kappa shape index (κ2) is 9.93. The van der Waals surface area contributed by atoms with Crippen molar-refractivity contribution in [1.82, 2.24) is 10.6 Å². The highest BCUT2D eigenvalue weighted by atomic mass is 127. The minimum Gasteiger partial charge on any atom is -0.486 e. The first kappa shape index (κ1) is 23.4. The molecule has 0 radical (unpaired) electrons. The molecule has 30 heavy (non-hydrogen) atoms. The van der Waals surface area contributed by atoms with Crippen molar-refractivity contribution >= 4 is 39.8 Å². The number of benzene rings is 1. The van der Waals surface area contributed by atoms with Crippen LogP contribution in [0.25, 0.3) is 0 Å². The van der Waals surface area contributed by atoms with Gasteiger partial charge in [-0.05, 0) is 43.9 Å². The number of nitrogens with one attached hydrogen (secondary N) is 2. The van der Waals surface area contributed by atoms with Gasteiger partial charge >= 0.3 is 0 Å². The predicted molar refractivity (Wildman–Crippen MR) is 129 cm³/mol. The summed E-state index contributed by atoms with van der Waals surface area (Å²) in [6.07, 6.45) is 5.20. The summed E-state index contributed by atoms with van der Waals surface area (Å²) in [5, 5.41) is 6.61. The van der Waals surface area contributed by atoms with Gasteiger partial charge in [0, 0.05) is 18.0 Å². The van der Waals surface area contributed by atoms with E-state index in [1.807, 2.05) is 13.0 Å². The van der Waals surface area contributed by atoms with Crippen molar-refractivity contribution in [3.8, 4) is 11.5 Å². The largest absolute Gasteiger partial charge is 0.486 e. The zero-order valence-corrected chi connectivity index (χ0v) is 20.6. The van der Waals surface area contributed by atoms with Crippen LogP contribution in [0.1, 0.15) is 44.6 Å². The second-order valence-corrected chi connectivity index (χ2v) is 10.5. The summed E-state index contributed by atoms with van der Waals surface area (Å²) < 4.78 is 35.0. The van der Waals surface area contributed by atoms with Crippen LogP contribution in [-0.2, 0) is 15.3 Å². The third-order valence-corrected chi connectivity index (χ3v) is 7.94. The second-order valence-electron chi connectivity index (χ2n) is 8.29. The highest BCUT2D eigenvalue weighted by Gasteiger charge is 2.37. The Morgan fingerprint density at radius 1 is 1.20 bits per heavy atom. The average molecular weight is 549 g/mol. The van der Waals surface area contributed by atoms with Crippen LogP contribution in [0.3, 0.4) is 0 Å². The summed E-state index contributed by atoms with van der Waals surface area (Å²) in [4.78, 5) is 4.89. The van der Waals surface area contributed by atoms with Crippen molar-refractivity contribution in [3.05, 3.63) is 23.8 Å². The molecule has 1 aliphatic carbocycles. The maximum atomic E-state index is 11.8. The van der Waals surface area contributed by atoms with E-state index in [1.165, 1.54) is 18.4 Å². The summed E-state index contributed by atoms with van der Waals surface area (Å²) in [5.41, 5.74) is 1.24. The van der Waals surface area contributed by atoms with Crippen LogP contribution < -0.4 is 20.1 Å². The minimum absolute atomic E-state index is 0. The lowest BCUT2D eigenvalue weighted by Crippen LogP contribution is -2.44. The molecule has 0 amide bonds. The molecule has 1 unspecified atom stereocenters. The fraction of sp³-hybridized carbons (Fsp3) is 0.667. The maximum Gasteiger partial charge on any atom is 0.191 e. The monoisotopic (exact) mass is 549 g/mol. The number of ether oxygens (including phenoxy) is 2. The van der Waals surface area contributed by atoms with Crippen molar-refractivity contribution in [2.24, 2.45) is 4.99 Å². The molecule has 1 atom stereocenters. The number of fused-ring (bicyclic) bond motifs is 1. The minimum atomic E-state index is -2.92. The van der Waals surface area contributed by atoms with Crippen LogP contribution in [0.2, 0.25) is 0 Å². The molecule has 0 bridgehead atoms. The van der Waals surface area contributed by atoms with Crippen LogP contribution in [0, 0.1) is 0 Å². The molecule has 168 valence electrons. The van der Waals surface area contributed by atoms with Gasteiger partial charge in [0.15, 0.2) is 27.3 Å². The number of guanidine groups is 1. The Morgan fingerprint density at radius 2 is 1.93 bits per heavy atom. The number of hydrogen-bond donors (Lipinski definition) is 2. The zero-order valence-electron chi connectivity index (χ0n) is 17.5. The fourth-order valence-electron chi connectivity index (χ4n) is 4.62. The van der Waals surface area contributed by atoms with E-state index in [0.717, 1.165) is 30.9 Å². The molecule has 1 saturated carbocycles. The van der Waals surface area contributed by atoms with E-state index in [1.54, 1.807) is 0 Å². The Morgan fingerprint density at radius 3 is 2.60 bits per heavy atom. The lowest BCUT2D eigenvalue weighted by atomic mass is 9.79. The zero-order chi connectivity index (χ0) is 20.3. The Kier molecular flexibility index (Phi) is 7.76. The quantitative estimate of drug-likeness (QED) is 0.334. The molecule has 1 saturated heterocycles. The molecule has 1 aromatic carbocycles. The van der Waals surface area contributed by atoms with Gasteiger partial charge in [0.05, 0.1) is 18.1 Å². The highest BCUT2D eigenvalue weighted by molar-refractivity contribution is 14.0.